The molecule has 1 fully saturated rings. The van der Waals surface area contributed by atoms with Gasteiger partial charge in [0.1, 0.15) is 11.4 Å². The van der Waals surface area contributed by atoms with Gasteiger partial charge in [0.15, 0.2) is 5.96 Å². The third-order valence-corrected chi connectivity index (χ3v) is 4.90. The van der Waals surface area contributed by atoms with Crippen molar-refractivity contribution in [3.8, 4) is 5.75 Å². The molecule has 1 aliphatic heterocycles. The number of halogens is 1. The van der Waals surface area contributed by atoms with Crippen molar-refractivity contribution < 1.29 is 14.3 Å². The monoisotopic (exact) mass is 575 g/mol. The van der Waals surface area contributed by atoms with E-state index in [0.29, 0.717) is 19.7 Å². The van der Waals surface area contributed by atoms with E-state index in [1.54, 1.807) is 0 Å². The van der Waals surface area contributed by atoms with Crippen LogP contribution in [0.5, 0.6) is 5.75 Å². The van der Waals surface area contributed by atoms with Gasteiger partial charge in [0.2, 0.25) is 0 Å². The number of nitrogens with zero attached hydrogens (tertiary/aromatic N) is 3. The molecule has 8 nitrogen and oxygen atoms in total. The highest BCUT2D eigenvalue weighted by Crippen LogP contribution is 2.15. The molecule has 0 bridgehead atoms. The molecule has 1 aromatic rings. The maximum atomic E-state index is 12.1. The predicted molar refractivity (Wildman–Crippen MR) is 145 cm³/mol. The molecule has 1 aromatic carbocycles. The van der Waals surface area contributed by atoms with Gasteiger partial charge in [-0.25, -0.2) is 9.79 Å². The Bertz CT molecular complexity index is 735. The topological polar surface area (TPSA) is 78.4 Å². The molecule has 1 heterocycles. The highest BCUT2D eigenvalue weighted by Gasteiger charge is 2.27. The third-order valence-electron chi connectivity index (χ3n) is 4.90. The molecule has 1 saturated heterocycles. The van der Waals surface area contributed by atoms with Gasteiger partial charge in [0, 0.05) is 26.2 Å². The van der Waals surface area contributed by atoms with Crippen molar-refractivity contribution in [1.82, 2.24) is 20.4 Å². The van der Waals surface area contributed by atoms with Crippen LogP contribution in [-0.2, 0) is 11.3 Å². The highest BCUT2D eigenvalue weighted by atomic mass is 127. The second-order valence-electron chi connectivity index (χ2n) is 9.40. The lowest BCUT2D eigenvalue weighted by Crippen LogP contribution is -2.44. The molecule has 9 heteroatoms. The molecule has 1 atom stereocenters. The molecule has 0 aromatic heterocycles. The SMILES string of the molecule is CCNC(=NCc1ccc(OCCCN(C)C)cc1)N1CCC(NC(=O)OC(C)(C)C)C1.I. The van der Waals surface area contributed by atoms with Crippen molar-refractivity contribution in [2.24, 2.45) is 4.99 Å². The summed E-state index contributed by atoms with van der Waals surface area (Å²) in [4.78, 5) is 21.2. The smallest absolute Gasteiger partial charge is 0.407 e. The van der Waals surface area contributed by atoms with Gasteiger partial charge in [-0.15, -0.1) is 24.0 Å². The van der Waals surface area contributed by atoms with Gasteiger partial charge in [0.05, 0.1) is 19.2 Å². The van der Waals surface area contributed by atoms with Gasteiger partial charge in [0.25, 0.3) is 0 Å². The number of guanidine groups is 1. The van der Waals surface area contributed by atoms with Gasteiger partial charge < -0.3 is 29.9 Å². The van der Waals surface area contributed by atoms with Gasteiger partial charge in [-0.05, 0) is 72.3 Å². The van der Waals surface area contributed by atoms with Crippen molar-refractivity contribution in [3.63, 3.8) is 0 Å². The normalized spacial score (nSPS) is 16.4. The number of ether oxygens (including phenoxy) is 2. The summed E-state index contributed by atoms with van der Waals surface area (Å²) in [6, 6.07) is 8.18. The number of carbonyl (C=O) groups excluding carboxylic acids is 1. The number of carbonyl (C=O) groups is 1. The van der Waals surface area contributed by atoms with E-state index in [0.717, 1.165) is 49.7 Å². The second kappa shape index (κ2) is 14.5. The predicted octanol–water partition coefficient (Wildman–Crippen LogP) is 3.70. The highest BCUT2D eigenvalue weighted by molar-refractivity contribution is 14.0. The molecule has 1 amide bonds. The molecule has 0 saturated carbocycles. The summed E-state index contributed by atoms with van der Waals surface area (Å²) in [5.41, 5.74) is 0.634. The largest absolute Gasteiger partial charge is 0.494 e. The summed E-state index contributed by atoms with van der Waals surface area (Å²) < 4.78 is 11.2. The number of benzene rings is 1. The first-order chi connectivity index (χ1) is 15.2. The lowest BCUT2D eigenvalue weighted by Gasteiger charge is -2.23. The van der Waals surface area contributed by atoms with Gasteiger partial charge in [-0.2, -0.15) is 0 Å². The maximum Gasteiger partial charge on any atom is 0.407 e. The number of hydrogen-bond acceptors (Lipinski definition) is 5. The van der Waals surface area contributed by atoms with Crippen LogP contribution in [0.4, 0.5) is 4.79 Å². The minimum Gasteiger partial charge on any atom is -0.494 e. The lowest BCUT2D eigenvalue weighted by atomic mass is 10.2. The minimum absolute atomic E-state index is 0. The Morgan fingerprint density at radius 1 is 1.24 bits per heavy atom. The summed E-state index contributed by atoms with van der Waals surface area (Å²) in [6.45, 7) is 12.3. The Hall–Kier alpha value is -1.75. The van der Waals surface area contributed by atoms with Crippen molar-refractivity contribution >= 4 is 36.0 Å². The van der Waals surface area contributed by atoms with Gasteiger partial charge in [-0.1, -0.05) is 12.1 Å². The number of rotatable bonds is 9. The summed E-state index contributed by atoms with van der Waals surface area (Å²) in [5.74, 6) is 1.75. The van der Waals surface area contributed by atoms with Crippen LogP contribution in [0.3, 0.4) is 0 Å². The van der Waals surface area contributed by atoms with E-state index in [2.05, 4.69) is 53.6 Å². The molecule has 2 rings (SSSR count). The minimum atomic E-state index is -0.494. The first kappa shape index (κ1) is 29.3. The molecule has 2 N–H and O–H groups in total. The van der Waals surface area contributed by atoms with E-state index in [9.17, 15) is 4.79 Å². The standard InChI is InChI=1S/C24H41N5O3.HI/c1-7-25-22(29-15-13-20(18-29)27-23(30)32-24(2,3)4)26-17-19-9-11-21(12-10-19)31-16-8-14-28(5)6;/h9-12,20H,7-8,13-18H2,1-6H3,(H,25,26)(H,27,30);1H. The van der Waals surface area contributed by atoms with E-state index in [1.165, 1.54) is 0 Å². The van der Waals surface area contributed by atoms with Crippen LogP contribution in [0.15, 0.2) is 29.3 Å². The Kier molecular flexibility index (Phi) is 12.9. The van der Waals surface area contributed by atoms with E-state index in [4.69, 9.17) is 14.5 Å². The van der Waals surface area contributed by atoms with Crippen LogP contribution in [0, 0.1) is 0 Å². The number of nitrogens with one attached hydrogen (secondary N) is 2. The Labute approximate surface area is 216 Å². The maximum absolute atomic E-state index is 12.1. The van der Waals surface area contributed by atoms with Crippen molar-refractivity contribution in [1.29, 1.82) is 0 Å². The van der Waals surface area contributed by atoms with Crippen LogP contribution >= 0.6 is 24.0 Å². The fraction of sp³-hybridized carbons (Fsp3) is 0.667. The average Bonchev–Trinajstić information content (AvgIpc) is 3.16. The summed E-state index contributed by atoms with van der Waals surface area (Å²) in [6.07, 6.45) is 1.50. The van der Waals surface area contributed by atoms with E-state index < -0.39 is 5.60 Å². The molecule has 1 aliphatic rings. The molecule has 0 aliphatic carbocycles. The molecule has 1 unspecified atom stereocenters. The number of amides is 1. The second-order valence-corrected chi connectivity index (χ2v) is 9.40. The van der Waals surface area contributed by atoms with Crippen molar-refractivity contribution in [2.45, 2.75) is 58.7 Å². The Balaban J connectivity index is 0.00000544. The van der Waals surface area contributed by atoms with E-state index in [-0.39, 0.29) is 36.1 Å². The zero-order valence-electron chi connectivity index (χ0n) is 21.0. The first-order valence-electron chi connectivity index (χ1n) is 11.6. The molecule has 0 radical (unpaired) electrons. The molecular weight excluding hydrogens is 533 g/mol. The molecule has 33 heavy (non-hydrogen) atoms. The fourth-order valence-corrected chi connectivity index (χ4v) is 3.40. The number of hydrogen-bond donors (Lipinski definition) is 2. The third kappa shape index (κ3) is 11.8. The zero-order chi connectivity index (χ0) is 23.6. The fourth-order valence-electron chi connectivity index (χ4n) is 3.40. The van der Waals surface area contributed by atoms with E-state index >= 15 is 0 Å². The molecule has 188 valence electrons. The number of alkyl carbamates (subject to hydrolysis) is 1. The zero-order valence-corrected chi connectivity index (χ0v) is 23.3. The lowest BCUT2D eigenvalue weighted by molar-refractivity contribution is 0.0507. The van der Waals surface area contributed by atoms with Crippen molar-refractivity contribution in [2.75, 3.05) is 46.9 Å². The Morgan fingerprint density at radius 2 is 1.94 bits per heavy atom. The summed E-state index contributed by atoms with van der Waals surface area (Å²) in [7, 11) is 4.13. The van der Waals surface area contributed by atoms with Crippen LogP contribution in [0.1, 0.15) is 46.1 Å². The molecule has 0 spiro atoms. The molecular formula is C24H42IN5O3. The van der Waals surface area contributed by atoms with Crippen LogP contribution in [-0.4, -0.2) is 80.4 Å². The first-order valence-corrected chi connectivity index (χ1v) is 11.6. The van der Waals surface area contributed by atoms with Gasteiger partial charge >= 0.3 is 6.09 Å². The average molecular weight is 576 g/mol. The quantitative estimate of drug-likeness (QED) is 0.203. The van der Waals surface area contributed by atoms with Crippen LogP contribution < -0.4 is 15.4 Å². The Morgan fingerprint density at radius 3 is 2.55 bits per heavy atom. The number of aliphatic imine (C=N–C) groups is 1. The number of likely N-dealkylation sites (tertiary alicyclic amines) is 1. The van der Waals surface area contributed by atoms with E-state index in [1.807, 2.05) is 32.9 Å². The van der Waals surface area contributed by atoms with Crippen molar-refractivity contribution in [3.05, 3.63) is 29.8 Å². The summed E-state index contributed by atoms with van der Waals surface area (Å²) >= 11 is 0. The van der Waals surface area contributed by atoms with Gasteiger partial charge in [-0.3, -0.25) is 0 Å². The summed E-state index contributed by atoms with van der Waals surface area (Å²) in [5, 5.41) is 6.33. The van der Waals surface area contributed by atoms with Crippen LogP contribution in [0.2, 0.25) is 0 Å². The van der Waals surface area contributed by atoms with Crippen LogP contribution in [0.25, 0.3) is 0 Å².